The third-order valence-electron chi connectivity index (χ3n) is 3.12. The maximum atomic E-state index is 4.23. The first kappa shape index (κ1) is 21.5. The van der Waals surface area contributed by atoms with Crippen LogP contribution < -0.4 is 0 Å². The van der Waals surface area contributed by atoms with Gasteiger partial charge >= 0.3 is 61.0 Å². The van der Waals surface area contributed by atoms with Crippen LogP contribution in [0.2, 0.25) is 0 Å². The Hall–Kier alpha value is 2.53. The van der Waals surface area contributed by atoms with E-state index in [1.165, 1.54) is 25.7 Å². The molecule has 0 atom stereocenters. The van der Waals surface area contributed by atoms with Crippen molar-refractivity contribution in [2.24, 2.45) is 11.8 Å². The number of hydrogen-bond acceptors (Lipinski definition) is 0. The van der Waals surface area contributed by atoms with Crippen molar-refractivity contribution < 1.29 is 7.84 Å². The molecule has 0 aromatic heterocycles. The number of rotatable bonds is 0. The standard InChI is InChI=1S/2C6H12N.4BrH.Pt/c2*1-6-2-4-7-5-3-6;;;;;/h2*6H,2-5H2,1H3;4*1H;/q2*-1;;;;;+6/p-4. The van der Waals surface area contributed by atoms with Crippen molar-refractivity contribution in [3.8, 4) is 0 Å². The summed E-state index contributed by atoms with van der Waals surface area (Å²) in [5.74, 6) is 1.88. The third kappa shape index (κ3) is 20.5. The summed E-state index contributed by atoms with van der Waals surface area (Å²) in [6.07, 6.45) is 5.28. The monoisotopic (exact) mass is 707 g/mol. The first-order valence-corrected chi connectivity index (χ1v) is 26.4. The van der Waals surface area contributed by atoms with Crippen molar-refractivity contribution in [1.82, 2.24) is 0 Å². The number of hydrogen-bond donors (Lipinski definition) is 0. The van der Waals surface area contributed by atoms with Gasteiger partial charge in [0.25, 0.3) is 0 Å². The molecule has 0 aromatic rings. The molecule has 0 unspecified atom stereocenters. The van der Waals surface area contributed by atoms with Crippen molar-refractivity contribution in [2.45, 2.75) is 39.5 Å². The van der Waals surface area contributed by atoms with Gasteiger partial charge in [0.15, 0.2) is 0 Å². The van der Waals surface area contributed by atoms with Crippen molar-refractivity contribution in [2.75, 3.05) is 26.2 Å². The first-order valence-electron chi connectivity index (χ1n) is 6.53. The third-order valence-corrected chi connectivity index (χ3v) is 3.12. The van der Waals surface area contributed by atoms with Crippen LogP contribution in [-0.2, 0) is 7.84 Å². The van der Waals surface area contributed by atoms with E-state index in [0.29, 0.717) is 0 Å². The predicted molar refractivity (Wildman–Crippen MR) is 98.7 cm³/mol. The van der Waals surface area contributed by atoms with Gasteiger partial charge in [0, 0.05) is 0 Å². The van der Waals surface area contributed by atoms with Gasteiger partial charge in [-0.15, -0.1) is 26.2 Å². The van der Waals surface area contributed by atoms with Crippen LogP contribution in [0.25, 0.3) is 10.6 Å². The summed E-state index contributed by atoms with van der Waals surface area (Å²) in [5.41, 5.74) is 0. The molecule has 2 aliphatic heterocycles. The molecule has 0 aromatic carbocycles. The Balaban J connectivity index is 0.000000261. The molecule has 2 aliphatic rings. The van der Waals surface area contributed by atoms with E-state index >= 15 is 0 Å². The molecule has 2 saturated heterocycles. The molecule has 0 amide bonds. The van der Waals surface area contributed by atoms with Crippen LogP contribution in [0.5, 0.6) is 0 Å². The van der Waals surface area contributed by atoms with Gasteiger partial charge in [-0.05, 0) is 11.8 Å². The van der Waals surface area contributed by atoms with E-state index in [1.54, 1.807) is 0 Å². The topological polar surface area (TPSA) is 28.2 Å². The van der Waals surface area contributed by atoms with Gasteiger partial charge in [0.05, 0.1) is 0 Å². The van der Waals surface area contributed by atoms with Gasteiger partial charge in [-0.25, -0.2) is 0 Å². The van der Waals surface area contributed by atoms with E-state index in [4.69, 9.17) is 0 Å². The second kappa shape index (κ2) is 13.0. The minimum atomic E-state index is -1.69. The van der Waals surface area contributed by atoms with Crippen LogP contribution in [0.15, 0.2) is 0 Å². The molecule has 2 nitrogen and oxygen atoms in total. The molecule has 0 saturated carbocycles. The number of halogens is 4. The Labute approximate surface area is 147 Å². The summed E-state index contributed by atoms with van der Waals surface area (Å²) in [6, 6.07) is 0. The molecule has 2 rings (SSSR count). The van der Waals surface area contributed by atoms with E-state index in [1.807, 2.05) is 0 Å². The maximum absolute atomic E-state index is 4.23. The quantitative estimate of drug-likeness (QED) is 0.260. The zero-order chi connectivity index (χ0) is 14.7. The van der Waals surface area contributed by atoms with E-state index in [9.17, 15) is 0 Å². The molecule has 120 valence electrons. The van der Waals surface area contributed by atoms with Crippen molar-refractivity contribution >= 4 is 53.2 Å². The zero-order valence-corrected chi connectivity index (χ0v) is 20.2. The molecule has 0 radical (unpaired) electrons. The molecule has 0 aliphatic carbocycles. The molecule has 2 heterocycles. The van der Waals surface area contributed by atoms with Crippen LogP contribution in [0.3, 0.4) is 0 Å². The number of nitrogens with zero attached hydrogens (tertiary/aromatic N) is 2. The predicted octanol–water partition coefficient (Wildman–Crippen LogP) is 6.96. The molecule has 19 heavy (non-hydrogen) atoms. The molecule has 7 heteroatoms. The average Bonchev–Trinajstić information content (AvgIpc) is 2.29. The SMILES string of the molecule is CC1CC[N-]CC1.CC1CC[N-]CC1.[Br][Pt+2]([Br])([Br])[Br]. The van der Waals surface area contributed by atoms with Crippen molar-refractivity contribution in [3.05, 3.63) is 10.6 Å². The average molecular weight is 711 g/mol. The fraction of sp³-hybridized carbons (Fsp3) is 1.00. The van der Waals surface area contributed by atoms with E-state index in [0.717, 1.165) is 38.0 Å². The fourth-order valence-corrected chi connectivity index (χ4v) is 1.76. The summed E-state index contributed by atoms with van der Waals surface area (Å²) < 4.78 is 0. The Kier molecular flexibility index (Phi) is 14.7. The van der Waals surface area contributed by atoms with Crippen molar-refractivity contribution in [1.29, 1.82) is 0 Å². The fourth-order valence-electron chi connectivity index (χ4n) is 1.76. The van der Waals surface area contributed by atoms with Gasteiger partial charge in [-0.3, -0.25) is 0 Å². The Morgan fingerprint density at radius 1 is 0.684 bits per heavy atom. The summed E-state index contributed by atoms with van der Waals surface area (Å²) >= 11 is 13.2. The Morgan fingerprint density at radius 3 is 1.00 bits per heavy atom. The van der Waals surface area contributed by atoms with Crippen LogP contribution >= 0.6 is 53.2 Å². The second-order valence-electron chi connectivity index (χ2n) is 4.98. The zero-order valence-electron chi connectivity index (χ0n) is 11.5. The molecule has 0 N–H and O–H groups in total. The molecular formula is C12H24Br4N2Pt. The molecule has 0 spiro atoms. The summed E-state index contributed by atoms with van der Waals surface area (Å²) in [5, 5.41) is 8.46. The molecule has 2 fully saturated rings. The van der Waals surface area contributed by atoms with Gasteiger partial charge in [-0.2, -0.15) is 0 Å². The van der Waals surface area contributed by atoms with Gasteiger partial charge in [0.2, 0.25) is 0 Å². The van der Waals surface area contributed by atoms with E-state index in [2.05, 4.69) is 77.7 Å². The summed E-state index contributed by atoms with van der Waals surface area (Å²) in [6.45, 7) is 9.05. The van der Waals surface area contributed by atoms with Crippen LogP contribution in [0.4, 0.5) is 0 Å². The second-order valence-corrected chi connectivity index (χ2v) is 64.6. The Bertz CT molecular complexity index is 180. The van der Waals surface area contributed by atoms with Crippen LogP contribution in [0.1, 0.15) is 39.5 Å². The summed E-state index contributed by atoms with van der Waals surface area (Å²) in [4.78, 5) is 0. The first-order chi connectivity index (χ1) is 8.79. The van der Waals surface area contributed by atoms with Crippen LogP contribution in [0, 0.1) is 11.8 Å². The van der Waals surface area contributed by atoms with Gasteiger partial charge in [-0.1, -0.05) is 39.5 Å². The number of piperidine rings is 2. The van der Waals surface area contributed by atoms with Gasteiger partial charge in [0.1, 0.15) is 0 Å². The summed E-state index contributed by atoms with van der Waals surface area (Å²) in [7, 11) is -1.69. The van der Waals surface area contributed by atoms with Gasteiger partial charge < -0.3 is 10.6 Å². The van der Waals surface area contributed by atoms with Crippen LogP contribution in [-0.4, -0.2) is 26.2 Å². The minimum absolute atomic E-state index is 0.942. The van der Waals surface area contributed by atoms with E-state index in [-0.39, 0.29) is 0 Å². The van der Waals surface area contributed by atoms with E-state index < -0.39 is 7.84 Å². The molecule has 0 bridgehead atoms. The Morgan fingerprint density at radius 2 is 0.895 bits per heavy atom. The van der Waals surface area contributed by atoms with Crippen molar-refractivity contribution in [3.63, 3.8) is 0 Å². The molecular weight excluding hydrogens is 687 g/mol. The normalized spacial score (nSPS) is 22.6.